The van der Waals surface area contributed by atoms with Crippen molar-refractivity contribution in [3.8, 4) is 0 Å². The maximum atomic E-state index is 11.0. The maximum Gasteiger partial charge on any atom is 0.220 e. The van der Waals surface area contributed by atoms with Crippen molar-refractivity contribution in [2.45, 2.75) is 18.9 Å². The van der Waals surface area contributed by atoms with E-state index in [2.05, 4.69) is 5.32 Å². The van der Waals surface area contributed by atoms with Gasteiger partial charge in [0.2, 0.25) is 5.91 Å². The number of hydrogen-bond donors (Lipinski definition) is 1. The first-order chi connectivity index (χ1) is 6.66. The van der Waals surface area contributed by atoms with Gasteiger partial charge in [-0.2, -0.15) is 0 Å². The molecule has 4 heteroatoms. The molecule has 0 radical (unpaired) electrons. The summed E-state index contributed by atoms with van der Waals surface area (Å²) < 4.78 is 0. The fraction of sp³-hybridized carbons (Fsp3) is 0.300. The van der Waals surface area contributed by atoms with E-state index < -0.39 is 0 Å². The van der Waals surface area contributed by atoms with Gasteiger partial charge in [0.05, 0.1) is 16.1 Å². The van der Waals surface area contributed by atoms with Crippen LogP contribution >= 0.6 is 23.2 Å². The number of rotatable bonds is 1. The molecular formula is C10H9Cl2NO. The molecule has 0 unspecified atom stereocenters. The van der Waals surface area contributed by atoms with Crippen LogP contribution in [0.3, 0.4) is 0 Å². The summed E-state index contributed by atoms with van der Waals surface area (Å²) >= 11 is 11.7. The minimum atomic E-state index is 0.0947. The van der Waals surface area contributed by atoms with Crippen molar-refractivity contribution in [2.75, 3.05) is 0 Å². The number of nitrogens with one attached hydrogen (secondary N) is 1. The number of amides is 1. The fourth-order valence-electron chi connectivity index (χ4n) is 1.59. The molecule has 2 rings (SSSR count). The van der Waals surface area contributed by atoms with Gasteiger partial charge in [0, 0.05) is 6.42 Å². The van der Waals surface area contributed by atoms with Crippen LogP contribution in [0.1, 0.15) is 24.4 Å². The molecular weight excluding hydrogens is 221 g/mol. The van der Waals surface area contributed by atoms with Crippen molar-refractivity contribution >= 4 is 29.1 Å². The standard InChI is InChI=1S/C10H9Cl2NO/c11-7-2-1-6(5-8(7)12)9-3-4-10(14)13-9/h1-2,5,9H,3-4H2,(H,13,14)/t9-/m0/s1. The largest absolute Gasteiger partial charge is 0.349 e. The van der Waals surface area contributed by atoms with Crippen molar-refractivity contribution in [3.63, 3.8) is 0 Å². The van der Waals surface area contributed by atoms with Crippen LogP contribution in [0.2, 0.25) is 10.0 Å². The van der Waals surface area contributed by atoms with Gasteiger partial charge in [-0.05, 0) is 24.1 Å². The maximum absolute atomic E-state index is 11.0. The third-order valence-electron chi connectivity index (χ3n) is 2.34. The van der Waals surface area contributed by atoms with Gasteiger partial charge in [-0.3, -0.25) is 4.79 Å². The Labute approximate surface area is 92.2 Å². The Morgan fingerprint density at radius 3 is 2.64 bits per heavy atom. The predicted octanol–water partition coefficient (Wildman–Crippen LogP) is 2.94. The summed E-state index contributed by atoms with van der Waals surface area (Å²) in [6.45, 7) is 0. The Hall–Kier alpha value is -0.730. The lowest BCUT2D eigenvalue weighted by molar-refractivity contribution is -0.119. The van der Waals surface area contributed by atoms with Crippen LogP contribution < -0.4 is 5.32 Å². The number of benzene rings is 1. The van der Waals surface area contributed by atoms with Crippen molar-refractivity contribution in [1.82, 2.24) is 5.32 Å². The topological polar surface area (TPSA) is 29.1 Å². The van der Waals surface area contributed by atoms with Gasteiger partial charge >= 0.3 is 0 Å². The van der Waals surface area contributed by atoms with Gasteiger partial charge < -0.3 is 5.32 Å². The van der Waals surface area contributed by atoms with E-state index in [4.69, 9.17) is 23.2 Å². The Morgan fingerprint density at radius 1 is 1.29 bits per heavy atom. The Morgan fingerprint density at radius 2 is 2.07 bits per heavy atom. The molecule has 1 aliphatic heterocycles. The second kappa shape index (κ2) is 3.79. The van der Waals surface area contributed by atoms with E-state index in [1.165, 1.54) is 0 Å². The van der Waals surface area contributed by atoms with Gasteiger partial charge in [-0.1, -0.05) is 29.3 Å². The molecule has 1 fully saturated rings. The summed E-state index contributed by atoms with van der Waals surface area (Å²) in [4.78, 5) is 11.0. The van der Waals surface area contributed by atoms with Crippen LogP contribution in [0.4, 0.5) is 0 Å². The second-order valence-corrected chi connectivity index (χ2v) is 4.15. The molecule has 1 heterocycles. The van der Waals surface area contributed by atoms with Crippen molar-refractivity contribution < 1.29 is 4.79 Å². The van der Waals surface area contributed by atoms with Crippen LogP contribution in [0.15, 0.2) is 18.2 Å². The number of hydrogen-bond acceptors (Lipinski definition) is 1. The van der Waals surface area contributed by atoms with Gasteiger partial charge in [0.1, 0.15) is 0 Å². The first-order valence-corrected chi connectivity index (χ1v) is 5.17. The number of carbonyl (C=O) groups excluding carboxylic acids is 1. The molecule has 1 aliphatic rings. The van der Waals surface area contributed by atoms with Crippen LogP contribution in [0, 0.1) is 0 Å². The average molecular weight is 230 g/mol. The number of carbonyl (C=O) groups is 1. The molecule has 2 nitrogen and oxygen atoms in total. The highest BCUT2D eigenvalue weighted by atomic mass is 35.5. The van der Waals surface area contributed by atoms with E-state index in [1.807, 2.05) is 6.07 Å². The van der Waals surface area contributed by atoms with E-state index in [0.29, 0.717) is 16.5 Å². The molecule has 0 aliphatic carbocycles. The quantitative estimate of drug-likeness (QED) is 0.789. The van der Waals surface area contributed by atoms with Crippen molar-refractivity contribution in [3.05, 3.63) is 33.8 Å². The lowest BCUT2D eigenvalue weighted by Gasteiger charge is -2.10. The monoisotopic (exact) mass is 229 g/mol. The van der Waals surface area contributed by atoms with Crippen molar-refractivity contribution in [2.24, 2.45) is 0 Å². The van der Waals surface area contributed by atoms with E-state index in [1.54, 1.807) is 12.1 Å². The SMILES string of the molecule is O=C1CC[C@@H](c2ccc(Cl)c(Cl)c2)N1. The van der Waals surface area contributed by atoms with Crippen LogP contribution in [-0.2, 0) is 4.79 Å². The zero-order valence-corrected chi connectivity index (χ0v) is 8.90. The third kappa shape index (κ3) is 1.86. The molecule has 1 amide bonds. The highest BCUT2D eigenvalue weighted by molar-refractivity contribution is 6.42. The van der Waals surface area contributed by atoms with Crippen molar-refractivity contribution in [1.29, 1.82) is 0 Å². The Kier molecular flexibility index (Phi) is 2.66. The first kappa shape index (κ1) is 9.81. The van der Waals surface area contributed by atoms with E-state index in [9.17, 15) is 4.79 Å². The van der Waals surface area contributed by atoms with Crippen LogP contribution in [0.25, 0.3) is 0 Å². The molecule has 1 saturated heterocycles. The lowest BCUT2D eigenvalue weighted by atomic mass is 10.1. The van der Waals surface area contributed by atoms with Gasteiger partial charge in [-0.25, -0.2) is 0 Å². The predicted molar refractivity (Wildman–Crippen MR) is 56.6 cm³/mol. The summed E-state index contributed by atoms with van der Waals surface area (Å²) in [5.74, 6) is 0.0982. The molecule has 1 atom stereocenters. The van der Waals surface area contributed by atoms with Gasteiger partial charge in [0.15, 0.2) is 0 Å². The number of halogens is 2. The summed E-state index contributed by atoms with van der Waals surface area (Å²) in [7, 11) is 0. The zero-order valence-electron chi connectivity index (χ0n) is 7.39. The second-order valence-electron chi connectivity index (χ2n) is 3.33. The highest BCUT2D eigenvalue weighted by Gasteiger charge is 2.22. The summed E-state index contributed by atoms with van der Waals surface area (Å²) in [5.41, 5.74) is 1.02. The molecule has 1 aromatic rings. The zero-order chi connectivity index (χ0) is 10.1. The van der Waals surface area contributed by atoms with Crippen LogP contribution in [-0.4, -0.2) is 5.91 Å². The smallest absolute Gasteiger partial charge is 0.220 e. The van der Waals surface area contributed by atoms with E-state index in [0.717, 1.165) is 12.0 Å². The normalized spacial score (nSPS) is 21.0. The first-order valence-electron chi connectivity index (χ1n) is 4.41. The van der Waals surface area contributed by atoms with E-state index in [-0.39, 0.29) is 11.9 Å². The third-order valence-corrected chi connectivity index (χ3v) is 3.08. The Balaban J connectivity index is 2.24. The summed E-state index contributed by atoms with van der Waals surface area (Å²) in [5, 5.41) is 3.95. The summed E-state index contributed by atoms with van der Waals surface area (Å²) in [6, 6.07) is 5.55. The molecule has 0 spiro atoms. The molecule has 1 aromatic carbocycles. The molecule has 74 valence electrons. The molecule has 14 heavy (non-hydrogen) atoms. The lowest BCUT2D eigenvalue weighted by Crippen LogP contribution is -2.18. The Bertz CT molecular complexity index is 378. The summed E-state index contributed by atoms with van der Waals surface area (Å²) in [6.07, 6.45) is 1.42. The minimum Gasteiger partial charge on any atom is -0.349 e. The van der Waals surface area contributed by atoms with Gasteiger partial charge in [-0.15, -0.1) is 0 Å². The molecule has 1 N–H and O–H groups in total. The van der Waals surface area contributed by atoms with E-state index >= 15 is 0 Å². The van der Waals surface area contributed by atoms with Crippen LogP contribution in [0.5, 0.6) is 0 Å². The fourth-order valence-corrected chi connectivity index (χ4v) is 1.90. The molecule has 0 bridgehead atoms. The minimum absolute atomic E-state index is 0.0947. The highest BCUT2D eigenvalue weighted by Crippen LogP contribution is 2.29. The molecule has 0 aromatic heterocycles. The average Bonchev–Trinajstić information content (AvgIpc) is 2.57. The molecule has 0 saturated carbocycles. The van der Waals surface area contributed by atoms with Gasteiger partial charge in [0.25, 0.3) is 0 Å².